The van der Waals surface area contributed by atoms with Crippen LogP contribution >= 0.6 is 0 Å². The summed E-state index contributed by atoms with van der Waals surface area (Å²) in [7, 11) is 3.37. The lowest BCUT2D eigenvalue weighted by atomic mass is 10.2. The highest BCUT2D eigenvalue weighted by Gasteiger charge is 2.34. The number of hydrogen-bond acceptors (Lipinski definition) is 6. The Hall–Kier alpha value is -1.95. The van der Waals surface area contributed by atoms with Crippen LogP contribution in [-0.2, 0) is 9.57 Å². The number of fused-ring (bicyclic) bond motifs is 2. The van der Waals surface area contributed by atoms with E-state index in [-0.39, 0.29) is 0 Å². The molecule has 0 saturated heterocycles. The molecule has 0 amide bonds. The highest BCUT2D eigenvalue weighted by molar-refractivity contribution is 5.82. The third-order valence-electron chi connectivity index (χ3n) is 3.64. The molecular formula is C14H20N4O2. The normalized spacial score (nSPS) is 20.9. The molecule has 0 spiro atoms. The van der Waals surface area contributed by atoms with E-state index in [9.17, 15) is 0 Å². The minimum Gasteiger partial charge on any atom is -0.495 e. The lowest BCUT2D eigenvalue weighted by molar-refractivity contribution is -0.0971. The van der Waals surface area contributed by atoms with Gasteiger partial charge in [0.1, 0.15) is 23.9 Å². The van der Waals surface area contributed by atoms with Crippen LogP contribution in [0.15, 0.2) is 40.2 Å². The summed E-state index contributed by atoms with van der Waals surface area (Å²) in [5.74, 6) is 1.96. The molecule has 6 nitrogen and oxygen atoms in total. The lowest BCUT2D eigenvalue weighted by Crippen LogP contribution is -2.41. The standard InChI is InChI=1S/C14H20N4O2/c1-4-6-16-7-5-12(19-2)13-14(16)18-10-17(20-3)9-11(18)8-15-13/h5,8-9H,4,6-7,10H2,1-3H3. The molecule has 20 heavy (non-hydrogen) atoms. The maximum atomic E-state index is 5.46. The Balaban J connectivity index is 1.99. The van der Waals surface area contributed by atoms with Gasteiger partial charge in [-0.15, -0.1) is 0 Å². The molecule has 0 bridgehead atoms. The van der Waals surface area contributed by atoms with Crippen LogP contribution in [-0.4, -0.2) is 55.1 Å². The number of hydrogen-bond donors (Lipinski definition) is 0. The largest absolute Gasteiger partial charge is 0.495 e. The number of methoxy groups -OCH3 is 1. The van der Waals surface area contributed by atoms with Crippen LogP contribution < -0.4 is 0 Å². The van der Waals surface area contributed by atoms with Crippen molar-refractivity contribution >= 4 is 6.21 Å². The molecule has 0 aromatic heterocycles. The van der Waals surface area contributed by atoms with Gasteiger partial charge in [0.25, 0.3) is 0 Å². The zero-order chi connectivity index (χ0) is 14.1. The Morgan fingerprint density at radius 1 is 1.35 bits per heavy atom. The van der Waals surface area contributed by atoms with E-state index in [1.54, 1.807) is 19.3 Å². The molecule has 0 atom stereocenters. The van der Waals surface area contributed by atoms with Gasteiger partial charge in [0, 0.05) is 13.1 Å². The van der Waals surface area contributed by atoms with Gasteiger partial charge < -0.3 is 14.5 Å². The summed E-state index contributed by atoms with van der Waals surface area (Å²) in [6.07, 6.45) is 7.00. The topological polar surface area (TPSA) is 40.5 Å². The highest BCUT2D eigenvalue weighted by Crippen LogP contribution is 2.34. The van der Waals surface area contributed by atoms with Gasteiger partial charge in [0.15, 0.2) is 0 Å². The van der Waals surface area contributed by atoms with Gasteiger partial charge in [-0.1, -0.05) is 6.92 Å². The van der Waals surface area contributed by atoms with E-state index in [4.69, 9.17) is 9.57 Å². The molecule has 0 N–H and O–H groups in total. The zero-order valence-corrected chi connectivity index (χ0v) is 12.2. The Kier molecular flexibility index (Phi) is 3.40. The average molecular weight is 276 g/mol. The number of rotatable bonds is 4. The first-order valence-electron chi connectivity index (χ1n) is 6.86. The van der Waals surface area contributed by atoms with Gasteiger partial charge in [-0.2, -0.15) is 0 Å². The molecule has 0 aromatic carbocycles. The predicted octanol–water partition coefficient (Wildman–Crippen LogP) is 1.47. The van der Waals surface area contributed by atoms with Crippen LogP contribution in [0.5, 0.6) is 0 Å². The second-order valence-corrected chi connectivity index (χ2v) is 4.87. The first kappa shape index (κ1) is 13.1. The highest BCUT2D eigenvalue weighted by atomic mass is 16.7. The maximum Gasteiger partial charge on any atom is 0.146 e. The zero-order valence-electron chi connectivity index (χ0n) is 12.2. The van der Waals surface area contributed by atoms with Crippen molar-refractivity contribution in [1.29, 1.82) is 0 Å². The SMILES string of the molecule is CCCN1CC=C(OC)C2=C1N1CN(OC)C=C1C=N2. The summed E-state index contributed by atoms with van der Waals surface area (Å²) in [6.45, 7) is 4.71. The maximum absolute atomic E-state index is 5.46. The second-order valence-electron chi connectivity index (χ2n) is 4.87. The molecule has 3 aliphatic rings. The van der Waals surface area contributed by atoms with Crippen molar-refractivity contribution in [2.75, 3.05) is 34.0 Å². The van der Waals surface area contributed by atoms with Crippen LogP contribution in [0.1, 0.15) is 13.3 Å². The van der Waals surface area contributed by atoms with E-state index < -0.39 is 0 Å². The molecule has 0 aromatic rings. The third kappa shape index (κ3) is 1.96. The van der Waals surface area contributed by atoms with Gasteiger partial charge in [-0.25, -0.2) is 10.1 Å². The molecule has 0 unspecified atom stereocenters. The Morgan fingerprint density at radius 3 is 2.90 bits per heavy atom. The lowest BCUT2D eigenvalue weighted by Gasteiger charge is -2.38. The van der Waals surface area contributed by atoms with Crippen molar-refractivity contribution in [3.8, 4) is 0 Å². The summed E-state index contributed by atoms with van der Waals surface area (Å²) in [6, 6.07) is 0. The van der Waals surface area contributed by atoms with Crippen LogP contribution in [0, 0.1) is 0 Å². The van der Waals surface area contributed by atoms with Crippen LogP contribution in [0.2, 0.25) is 0 Å². The Morgan fingerprint density at radius 2 is 2.20 bits per heavy atom. The third-order valence-corrected chi connectivity index (χ3v) is 3.64. The van der Waals surface area contributed by atoms with Crippen molar-refractivity contribution in [2.24, 2.45) is 4.99 Å². The van der Waals surface area contributed by atoms with Gasteiger partial charge in [-0.05, 0) is 12.5 Å². The summed E-state index contributed by atoms with van der Waals surface area (Å²) in [5, 5.41) is 1.80. The first-order chi connectivity index (χ1) is 9.78. The molecule has 3 heterocycles. The summed E-state index contributed by atoms with van der Waals surface area (Å²) in [4.78, 5) is 14.4. The molecule has 0 fully saturated rings. The molecule has 108 valence electrons. The van der Waals surface area contributed by atoms with Crippen LogP contribution in [0.4, 0.5) is 0 Å². The fourth-order valence-corrected chi connectivity index (χ4v) is 2.72. The Bertz CT molecular complexity index is 521. The smallest absolute Gasteiger partial charge is 0.146 e. The second kappa shape index (κ2) is 5.20. The van der Waals surface area contributed by atoms with Crippen molar-refractivity contribution in [3.05, 3.63) is 35.3 Å². The molecular weight excluding hydrogens is 256 g/mol. The first-order valence-corrected chi connectivity index (χ1v) is 6.86. The van der Waals surface area contributed by atoms with E-state index in [1.165, 1.54) is 0 Å². The van der Waals surface area contributed by atoms with Crippen molar-refractivity contribution in [2.45, 2.75) is 13.3 Å². The van der Waals surface area contributed by atoms with Gasteiger partial charge in [-0.3, -0.25) is 4.84 Å². The van der Waals surface area contributed by atoms with E-state index in [0.29, 0.717) is 6.67 Å². The van der Waals surface area contributed by atoms with Crippen molar-refractivity contribution < 1.29 is 9.57 Å². The monoisotopic (exact) mass is 276 g/mol. The number of allylic oxidation sites excluding steroid dienone is 1. The summed E-state index contributed by atoms with van der Waals surface area (Å²) < 4.78 is 5.46. The predicted molar refractivity (Wildman–Crippen MR) is 76.1 cm³/mol. The molecule has 0 saturated carbocycles. The Labute approximate surface area is 119 Å². The molecule has 3 rings (SSSR count). The summed E-state index contributed by atoms with van der Waals surface area (Å²) in [5.41, 5.74) is 1.95. The number of hydroxylamine groups is 2. The van der Waals surface area contributed by atoms with E-state index in [1.807, 2.05) is 12.4 Å². The number of nitrogens with zero attached hydrogens (tertiary/aromatic N) is 4. The fraction of sp³-hybridized carbons (Fsp3) is 0.500. The average Bonchev–Trinajstić information content (AvgIpc) is 2.90. The van der Waals surface area contributed by atoms with Gasteiger partial charge in [0.05, 0.1) is 32.3 Å². The molecule has 6 heteroatoms. The van der Waals surface area contributed by atoms with Gasteiger partial charge >= 0.3 is 0 Å². The van der Waals surface area contributed by atoms with Crippen molar-refractivity contribution in [1.82, 2.24) is 14.9 Å². The van der Waals surface area contributed by atoms with Crippen LogP contribution in [0.3, 0.4) is 0 Å². The van der Waals surface area contributed by atoms with Crippen molar-refractivity contribution in [3.63, 3.8) is 0 Å². The summed E-state index contributed by atoms with van der Waals surface area (Å²) >= 11 is 0. The molecule has 0 radical (unpaired) electrons. The quantitative estimate of drug-likeness (QED) is 0.778. The number of ether oxygens (including phenoxy) is 1. The van der Waals surface area contributed by atoms with E-state index in [2.05, 4.69) is 27.8 Å². The minimum absolute atomic E-state index is 0.674. The number of aliphatic imine (C=N–C) groups is 1. The van der Waals surface area contributed by atoms with E-state index in [0.717, 1.165) is 42.5 Å². The van der Waals surface area contributed by atoms with Gasteiger partial charge in [0.2, 0.25) is 0 Å². The minimum atomic E-state index is 0.674. The molecule has 3 aliphatic heterocycles. The van der Waals surface area contributed by atoms with Crippen LogP contribution in [0.25, 0.3) is 0 Å². The molecule has 0 aliphatic carbocycles. The van der Waals surface area contributed by atoms with E-state index >= 15 is 0 Å². The fourth-order valence-electron chi connectivity index (χ4n) is 2.72.